The van der Waals surface area contributed by atoms with E-state index in [0.717, 1.165) is 6.20 Å². The van der Waals surface area contributed by atoms with E-state index in [1.165, 1.54) is 0 Å². The van der Waals surface area contributed by atoms with Crippen molar-refractivity contribution in [3.63, 3.8) is 0 Å². The quantitative estimate of drug-likeness (QED) is 0.609. The summed E-state index contributed by atoms with van der Waals surface area (Å²) in [5.74, 6) is -0.962. The third kappa shape index (κ3) is 1.18. The number of halogens is 1. The molecule has 0 aliphatic heterocycles. The van der Waals surface area contributed by atoms with Crippen LogP contribution in [-0.2, 0) is 0 Å². The standard InChI is InChI=1S/C6H3ClN2O2/c7-4-2-9-6(11)3(1-8)5(4)10/h2H,(H2,9,10,11). The van der Waals surface area contributed by atoms with Crippen LogP contribution in [0.3, 0.4) is 0 Å². The molecule has 0 aliphatic rings. The zero-order valence-electron chi connectivity index (χ0n) is 5.24. The van der Waals surface area contributed by atoms with Crippen molar-refractivity contribution in [1.29, 1.82) is 5.26 Å². The highest BCUT2D eigenvalue weighted by atomic mass is 35.5. The number of hydrogen-bond acceptors (Lipinski definition) is 4. The van der Waals surface area contributed by atoms with Gasteiger partial charge in [0.1, 0.15) is 11.1 Å². The van der Waals surface area contributed by atoms with E-state index in [0.29, 0.717) is 0 Å². The van der Waals surface area contributed by atoms with E-state index >= 15 is 0 Å². The Kier molecular flexibility index (Phi) is 1.83. The zero-order valence-corrected chi connectivity index (χ0v) is 6.00. The highest BCUT2D eigenvalue weighted by Crippen LogP contribution is 2.30. The zero-order chi connectivity index (χ0) is 8.43. The SMILES string of the molecule is N#Cc1c(O)ncc(Cl)c1O. The third-order valence-electron chi connectivity index (χ3n) is 1.10. The van der Waals surface area contributed by atoms with Crippen LogP contribution in [0.4, 0.5) is 0 Å². The van der Waals surface area contributed by atoms with Crippen molar-refractivity contribution >= 4 is 11.6 Å². The maximum Gasteiger partial charge on any atom is 0.233 e. The maximum atomic E-state index is 9.02. The highest BCUT2D eigenvalue weighted by molar-refractivity contribution is 6.32. The molecule has 0 saturated heterocycles. The van der Waals surface area contributed by atoms with Crippen molar-refractivity contribution in [3.8, 4) is 17.7 Å². The van der Waals surface area contributed by atoms with Crippen molar-refractivity contribution in [1.82, 2.24) is 4.98 Å². The molecule has 0 radical (unpaired) electrons. The molecule has 0 aliphatic carbocycles. The largest absolute Gasteiger partial charge is 0.505 e. The molecule has 0 atom stereocenters. The van der Waals surface area contributed by atoms with Gasteiger partial charge in [-0.05, 0) is 0 Å². The number of rotatable bonds is 0. The monoisotopic (exact) mass is 170 g/mol. The molecule has 11 heavy (non-hydrogen) atoms. The van der Waals surface area contributed by atoms with Gasteiger partial charge in [0.05, 0.1) is 6.20 Å². The minimum Gasteiger partial charge on any atom is -0.505 e. The predicted molar refractivity (Wildman–Crippen MR) is 37.3 cm³/mol. The first-order valence-corrected chi connectivity index (χ1v) is 3.01. The Bertz CT molecular complexity index is 332. The molecular weight excluding hydrogens is 168 g/mol. The van der Waals surface area contributed by atoms with Gasteiger partial charge in [-0.3, -0.25) is 0 Å². The van der Waals surface area contributed by atoms with Gasteiger partial charge in [-0.15, -0.1) is 0 Å². The lowest BCUT2D eigenvalue weighted by Gasteiger charge is -1.98. The van der Waals surface area contributed by atoms with Crippen LogP contribution in [0, 0.1) is 11.3 Å². The topological polar surface area (TPSA) is 77.1 Å². The number of aromatic nitrogens is 1. The molecule has 0 aromatic carbocycles. The summed E-state index contributed by atoms with van der Waals surface area (Å²) < 4.78 is 0. The molecule has 2 N–H and O–H groups in total. The van der Waals surface area contributed by atoms with Crippen LogP contribution < -0.4 is 0 Å². The lowest BCUT2D eigenvalue weighted by atomic mass is 10.3. The van der Waals surface area contributed by atoms with Crippen molar-refractivity contribution < 1.29 is 10.2 Å². The molecule has 56 valence electrons. The van der Waals surface area contributed by atoms with Crippen LogP contribution in [0.15, 0.2) is 6.20 Å². The summed E-state index contributed by atoms with van der Waals surface area (Å²) in [5, 5.41) is 26.2. The third-order valence-corrected chi connectivity index (χ3v) is 1.38. The summed E-state index contributed by atoms with van der Waals surface area (Å²) in [7, 11) is 0. The van der Waals surface area contributed by atoms with Crippen molar-refractivity contribution in [2.45, 2.75) is 0 Å². The van der Waals surface area contributed by atoms with E-state index in [9.17, 15) is 0 Å². The van der Waals surface area contributed by atoms with E-state index in [1.54, 1.807) is 6.07 Å². The van der Waals surface area contributed by atoms with E-state index < -0.39 is 11.6 Å². The number of hydrogen-bond donors (Lipinski definition) is 2. The van der Waals surface area contributed by atoms with Gasteiger partial charge in [-0.2, -0.15) is 5.26 Å². The van der Waals surface area contributed by atoms with Crippen LogP contribution in [0.2, 0.25) is 5.02 Å². The molecule has 0 bridgehead atoms. The average molecular weight is 171 g/mol. The highest BCUT2D eigenvalue weighted by Gasteiger charge is 2.10. The van der Waals surface area contributed by atoms with Gasteiger partial charge >= 0.3 is 0 Å². The first-order chi connectivity index (χ1) is 5.16. The second-order valence-electron chi connectivity index (χ2n) is 1.77. The first kappa shape index (κ1) is 7.63. The Balaban J connectivity index is 3.44. The second-order valence-corrected chi connectivity index (χ2v) is 2.17. The van der Waals surface area contributed by atoms with Crippen molar-refractivity contribution in [2.24, 2.45) is 0 Å². The fourth-order valence-electron chi connectivity index (χ4n) is 0.572. The molecule has 1 aromatic rings. The lowest BCUT2D eigenvalue weighted by molar-refractivity contribution is 0.432. The Hall–Kier alpha value is -1.47. The molecule has 0 fully saturated rings. The van der Waals surface area contributed by atoms with Crippen LogP contribution in [0.25, 0.3) is 0 Å². The molecule has 1 aromatic heterocycles. The fourth-order valence-corrected chi connectivity index (χ4v) is 0.715. The molecule has 0 spiro atoms. The van der Waals surface area contributed by atoms with Gasteiger partial charge in [0, 0.05) is 0 Å². The number of nitriles is 1. The van der Waals surface area contributed by atoms with Crippen LogP contribution >= 0.6 is 11.6 Å². The molecule has 5 heteroatoms. The average Bonchev–Trinajstić information content (AvgIpc) is 1.99. The molecule has 0 amide bonds. The van der Waals surface area contributed by atoms with Crippen LogP contribution in [0.1, 0.15) is 5.56 Å². The van der Waals surface area contributed by atoms with Crippen molar-refractivity contribution in [2.75, 3.05) is 0 Å². The van der Waals surface area contributed by atoms with Crippen LogP contribution in [0.5, 0.6) is 11.6 Å². The predicted octanol–water partition coefficient (Wildman–Crippen LogP) is 1.02. The molecule has 1 heterocycles. The Labute approximate surface area is 67.3 Å². The van der Waals surface area contributed by atoms with Crippen LogP contribution in [-0.4, -0.2) is 15.2 Å². The second kappa shape index (κ2) is 2.64. The fraction of sp³-hybridized carbons (Fsp3) is 0. The summed E-state index contributed by atoms with van der Waals surface area (Å²) in [6, 6.07) is 1.56. The van der Waals surface area contributed by atoms with E-state index in [1.807, 2.05) is 0 Å². The Morgan fingerprint density at radius 3 is 2.64 bits per heavy atom. The van der Waals surface area contributed by atoms with Gasteiger partial charge in [-0.1, -0.05) is 11.6 Å². The Morgan fingerprint density at radius 2 is 2.18 bits per heavy atom. The summed E-state index contributed by atoms with van der Waals surface area (Å²) in [5.41, 5.74) is -0.308. The summed E-state index contributed by atoms with van der Waals surface area (Å²) in [6.07, 6.45) is 1.06. The smallest absolute Gasteiger partial charge is 0.233 e. The number of nitrogens with zero attached hydrogens (tertiary/aromatic N) is 2. The van der Waals surface area contributed by atoms with Crippen molar-refractivity contribution in [3.05, 3.63) is 16.8 Å². The van der Waals surface area contributed by atoms with E-state index in [4.69, 9.17) is 27.1 Å². The number of aromatic hydroxyl groups is 2. The van der Waals surface area contributed by atoms with Gasteiger partial charge in [0.15, 0.2) is 11.3 Å². The lowest BCUT2D eigenvalue weighted by Crippen LogP contribution is -1.82. The summed E-state index contributed by atoms with van der Waals surface area (Å²) in [4.78, 5) is 3.35. The minimum absolute atomic E-state index is 0.0562. The molecular formula is C6H3ClN2O2. The van der Waals surface area contributed by atoms with E-state index in [2.05, 4.69) is 4.98 Å². The van der Waals surface area contributed by atoms with Gasteiger partial charge < -0.3 is 10.2 Å². The first-order valence-electron chi connectivity index (χ1n) is 2.63. The van der Waals surface area contributed by atoms with Gasteiger partial charge in [0.2, 0.25) is 5.88 Å². The normalized spacial score (nSPS) is 9.09. The number of pyridine rings is 1. The minimum atomic E-state index is -0.519. The molecule has 0 saturated carbocycles. The van der Waals surface area contributed by atoms with Gasteiger partial charge in [-0.25, -0.2) is 4.98 Å². The van der Waals surface area contributed by atoms with E-state index in [-0.39, 0.29) is 10.6 Å². The van der Waals surface area contributed by atoms with Gasteiger partial charge in [0.25, 0.3) is 0 Å². The molecule has 4 nitrogen and oxygen atoms in total. The Morgan fingerprint density at radius 1 is 1.55 bits per heavy atom. The maximum absolute atomic E-state index is 9.02. The summed E-state index contributed by atoms with van der Waals surface area (Å²) in [6.45, 7) is 0. The summed E-state index contributed by atoms with van der Waals surface area (Å²) >= 11 is 5.39. The molecule has 0 unspecified atom stereocenters. The molecule has 1 rings (SSSR count).